The molecular formula is C17H25ClO5P2. The summed E-state index contributed by atoms with van der Waals surface area (Å²) in [5, 5.41) is 0.616. The molecule has 3 atom stereocenters. The quantitative estimate of drug-likeness (QED) is 0.467. The molecule has 1 aliphatic rings. The Labute approximate surface area is 156 Å². The van der Waals surface area contributed by atoms with Crippen molar-refractivity contribution in [3.63, 3.8) is 0 Å². The van der Waals surface area contributed by atoms with Crippen LogP contribution >= 0.6 is 27.3 Å². The highest BCUT2D eigenvalue weighted by Crippen LogP contribution is 2.72. The molecule has 1 fully saturated rings. The highest BCUT2D eigenvalue weighted by atomic mass is 35.5. The van der Waals surface area contributed by atoms with Crippen LogP contribution in [0.2, 0.25) is 5.02 Å². The zero-order valence-electron chi connectivity index (χ0n) is 15.2. The first-order chi connectivity index (χ1) is 11.7. The molecule has 0 amide bonds. The number of benzene rings is 1. The van der Waals surface area contributed by atoms with Gasteiger partial charge in [-0.25, -0.2) is 4.79 Å². The van der Waals surface area contributed by atoms with E-state index in [4.69, 9.17) is 30.1 Å². The van der Waals surface area contributed by atoms with Crippen LogP contribution in [0.15, 0.2) is 24.3 Å². The average Bonchev–Trinajstić information content (AvgIpc) is 2.56. The fourth-order valence-corrected chi connectivity index (χ4v) is 6.34. The van der Waals surface area contributed by atoms with Gasteiger partial charge >= 0.3 is 5.97 Å². The summed E-state index contributed by atoms with van der Waals surface area (Å²) in [4.78, 5) is 12.3. The van der Waals surface area contributed by atoms with E-state index in [2.05, 4.69) is 13.8 Å². The van der Waals surface area contributed by atoms with Crippen molar-refractivity contribution in [2.24, 2.45) is 5.41 Å². The highest BCUT2D eigenvalue weighted by molar-refractivity contribution is 8.25. The van der Waals surface area contributed by atoms with E-state index in [-0.39, 0.29) is 11.3 Å². The Morgan fingerprint density at radius 1 is 1.24 bits per heavy atom. The van der Waals surface area contributed by atoms with Gasteiger partial charge in [-0.05, 0) is 44.8 Å². The minimum atomic E-state index is -1.00. The molecule has 0 radical (unpaired) electrons. The van der Waals surface area contributed by atoms with Gasteiger partial charge in [0.25, 0.3) is 0 Å². The first-order valence-electron chi connectivity index (χ1n) is 8.09. The lowest BCUT2D eigenvalue weighted by Crippen LogP contribution is -2.30. The lowest BCUT2D eigenvalue weighted by molar-refractivity contribution is -0.152. The number of hydrogen-bond donors (Lipinski definition) is 0. The molecule has 3 unspecified atom stereocenters. The topological polar surface area (TPSA) is 54.0 Å². The van der Waals surface area contributed by atoms with E-state index in [9.17, 15) is 4.79 Å². The van der Waals surface area contributed by atoms with Gasteiger partial charge in [-0.1, -0.05) is 25.4 Å². The predicted octanol–water partition coefficient (Wildman–Crippen LogP) is 5.41. The van der Waals surface area contributed by atoms with Gasteiger partial charge in [0.1, 0.15) is 11.6 Å². The van der Waals surface area contributed by atoms with Crippen LogP contribution in [0.25, 0.3) is 0 Å². The van der Waals surface area contributed by atoms with Crippen LogP contribution in [0, 0.1) is 5.41 Å². The third-order valence-corrected chi connectivity index (χ3v) is 9.50. The number of carbonyl (C=O) groups is 1. The number of ether oxygens (including phenoxy) is 2. The maximum Gasteiger partial charge on any atom is 0.347 e. The van der Waals surface area contributed by atoms with Gasteiger partial charge in [0, 0.05) is 18.0 Å². The SMILES string of the molecule is CC(Oc1ccc(Cl)cc1)C(=O)OC(C)P(C)P1OCC(C)(C)CO1. The summed E-state index contributed by atoms with van der Waals surface area (Å²) in [6, 6.07) is 6.86. The molecule has 1 aromatic rings. The summed E-state index contributed by atoms with van der Waals surface area (Å²) < 4.78 is 22.9. The summed E-state index contributed by atoms with van der Waals surface area (Å²) in [5.74, 6) is -0.0824. The molecule has 0 N–H and O–H groups in total. The Balaban J connectivity index is 1.83. The van der Waals surface area contributed by atoms with E-state index in [1.807, 2.05) is 13.6 Å². The number of carbonyl (C=O) groups excluding carboxylic acids is 1. The second-order valence-electron chi connectivity index (χ2n) is 6.77. The monoisotopic (exact) mass is 406 g/mol. The number of halogens is 1. The van der Waals surface area contributed by atoms with Gasteiger partial charge in [0.15, 0.2) is 14.2 Å². The normalized spacial score (nSPS) is 21.2. The maximum atomic E-state index is 12.3. The molecule has 0 aromatic heterocycles. The van der Waals surface area contributed by atoms with Crippen LogP contribution in [-0.2, 0) is 18.6 Å². The Kier molecular flexibility index (Phi) is 7.49. The largest absolute Gasteiger partial charge is 0.479 e. The second-order valence-corrected chi connectivity index (χ2v) is 12.9. The lowest BCUT2D eigenvalue weighted by atomic mass is 9.97. The van der Waals surface area contributed by atoms with Crippen LogP contribution in [0.1, 0.15) is 27.7 Å². The van der Waals surface area contributed by atoms with Crippen LogP contribution in [0.3, 0.4) is 0 Å². The van der Waals surface area contributed by atoms with Crippen molar-refractivity contribution in [1.29, 1.82) is 0 Å². The van der Waals surface area contributed by atoms with Gasteiger partial charge in [-0.15, -0.1) is 0 Å². The van der Waals surface area contributed by atoms with Gasteiger partial charge in [0.05, 0.1) is 13.2 Å². The molecule has 1 heterocycles. The molecular weight excluding hydrogens is 382 g/mol. The summed E-state index contributed by atoms with van der Waals surface area (Å²) in [7, 11) is -1.72. The van der Waals surface area contributed by atoms with Crippen molar-refractivity contribution in [1.82, 2.24) is 0 Å². The Hall–Kier alpha value is -0.440. The first kappa shape index (κ1) is 20.9. The molecule has 25 heavy (non-hydrogen) atoms. The van der Waals surface area contributed by atoms with Crippen molar-refractivity contribution in [3.8, 4) is 5.75 Å². The van der Waals surface area contributed by atoms with Crippen molar-refractivity contribution in [2.75, 3.05) is 19.9 Å². The Morgan fingerprint density at radius 3 is 2.36 bits per heavy atom. The minimum absolute atomic E-state index is 0.0376. The van der Waals surface area contributed by atoms with Crippen molar-refractivity contribution >= 4 is 33.2 Å². The Morgan fingerprint density at radius 2 is 1.80 bits per heavy atom. The summed E-state index contributed by atoms with van der Waals surface area (Å²) in [6.45, 7) is 11.1. The number of esters is 1. The number of rotatable bonds is 6. The maximum absolute atomic E-state index is 12.3. The summed E-state index contributed by atoms with van der Waals surface area (Å²) in [6.07, 6.45) is -0.702. The van der Waals surface area contributed by atoms with E-state index in [1.54, 1.807) is 31.2 Å². The van der Waals surface area contributed by atoms with E-state index in [1.165, 1.54) is 0 Å². The van der Waals surface area contributed by atoms with Crippen molar-refractivity contribution < 1.29 is 23.3 Å². The fraction of sp³-hybridized carbons (Fsp3) is 0.588. The van der Waals surface area contributed by atoms with E-state index in [0.717, 1.165) is 0 Å². The minimum Gasteiger partial charge on any atom is -0.479 e. The fourth-order valence-electron chi connectivity index (χ4n) is 1.96. The molecule has 0 bridgehead atoms. The molecule has 8 heteroatoms. The first-order valence-corrected chi connectivity index (χ1v) is 12.2. The molecule has 2 rings (SSSR count). The zero-order chi connectivity index (χ0) is 18.6. The van der Waals surface area contributed by atoms with Crippen molar-refractivity contribution in [2.45, 2.75) is 39.6 Å². The predicted molar refractivity (Wildman–Crippen MR) is 103 cm³/mol. The van der Waals surface area contributed by atoms with Crippen LogP contribution < -0.4 is 4.74 Å². The summed E-state index contributed by atoms with van der Waals surface area (Å²) >= 11 is 5.84. The van der Waals surface area contributed by atoms with Crippen molar-refractivity contribution in [3.05, 3.63) is 29.3 Å². The molecule has 1 aromatic carbocycles. The molecule has 0 saturated carbocycles. The van der Waals surface area contributed by atoms with E-state index in [0.29, 0.717) is 24.0 Å². The Bertz CT molecular complexity index is 571. The smallest absolute Gasteiger partial charge is 0.347 e. The molecule has 1 saturated heterocycles. The molecule has 0 spiro atoms. The third kappa shape index (κ3) is 6.34. The van der Waals surface area contributed by atoms with Crippen LogP contribution in [0.4, 0.5) is 0 Å². The lowest BCUT2D eigenvalue weighted by Gasteiger charge is -2.37. The molecule has 5 nitrogen and oxygen atoms in total. The van der Waals surface area contributed by atoms with E-state index >= 15 is 0 Å². The van der Waals surface area contributed by atoms with E-state index < -0.39 is 27.7 Å². The van der Waals surface area contributed by atoms with Gasteiger partial charge in [0.2, 0.25) is 0 Å². The average molecular weight is 407 g/mol. The highest BCUT2D eigenvalue weighted by Gasteiger charge is 2.36. The van der Waals surface area contributed by atoms with Gasteiger partial charge in [-0.3, -0.25) is 0 Å². The van der Waals surface area contributed by atoms with Crippen LogP contribution in [0.5, 0.6) is 5.75 Å². The van der Waals surface area contributed by atoms with Crippen LogP contribution in [-0.4, -0.2) is 37.8 Å². The van der Waals surface area contributed by atoms with Gasteiger partial charge < -0.3 is 18.5 Å². The molecule has 0 aliphatic carbocycles. The molecule has 140 valence electrons. The second kappa shape index (κ2) is 8.97. The summed E-state index contributed by atoms with van der Waals surface area (Å²) in [5.41, 5.74) is 0.0376. The zero-order valence-corrected chi connectivity index (χ0v) is 17.7. The third-order valence-electron chi connectivity index (χ3n) is 3.66. The number of hydrogen-bond acceptors (Lipinski definition) is 5. The molecule has 1 aliphatic heterocycles. The van der Waals surface area contributed by atoms with Gasteiger partial charge in [-0.2, -0.15) is 0 Å². The standard InChI is InChI=1S/C17H25ClO5P2/c1-12(22-15-8-6-14(18)7-9-15)16(19)23-13(2)24(5)25-20-10-17(3,4)11-21-25/h6-9,12-13H,10-11H2,1-5H3.